The van der Waals surface area contributed by atoms with Gasteiger partial charge in [0.15, 0.2) is 11.6 Å². The number of rotatable bonds is 6. The van der Waals surface area contributed by atoms with E-state index in [1.807, 2.05) is 18.2 Å². The van der Waals surface area contributed by atoms with Gasteiger partial charge in [-0.1, -0.05) is 49.8 Å². The van der Waals surface area contributed by atoms with Crippen LogP contribution in [0.25, 0.3) is 6.08 Å². The smallest absolute Gasteiger partial charge is 0.166 e. The maximum atomic E-state index is 14.9. The maximum Gasteiger partial charge on any atom is 0.166 e. The van der Waals surface area contributed by atoms with E-state index >= 15 is 0 Å². The maximum absolute atomic E-state index is 14.9. The number of benzene rings is 2. The zero-order valence-electron chi connectivity index (χ0n) is 20.0. The van der Waals surface area contributed by atoms with Gasteiger partial charge >= 0.3 is 0 Å². The number of ether oxygens (including phenoxy) is 1. The number of halogens is 3. The second kappa shape index (κ2) is 10.3. The van der Waals surface area contributed by atoms with Crippen molar-refractivity contribution in [2.24, 2.45) is 11.8 Å². The second-order valence-corrected chi connectivity index (χ2v) is 10.6. The molecule has 182 valence electrons. The first-order chi connectivity index (χ1) is 16.5. The number of hydrogen-bond acceptors (Lipinski definition) is 1. The molecule has 1 heterocycles. The predicted molar refractivity (Wildman–Crippen MR) is 130 cm³/mol. The molecule has 0 amide bonds. The first-order valence-electron chi connectivity index (χ1n) is 13.1. The predicted octanol–water partition coefficient (Wildman–Crippen LogP) is 8.85. The van der Waals surface area contributed by atoms with Crippen LogP contribution in [0.1, 0.15) is 105 Å². The van der Waals surface area contributed by atoms with E-state index in [0.29, 0.717) is 35.1 Å². The number of hydrogen-bond donors (Lipinski definition) is 0. The molecule has 2 aromatic rings. The second-order valence-electron chi connectivity index (χ2n) is 10.6. The van der Waals surface area contributed by atoms with Crippen molar-refractivity contribution in [2.75, 3.05) is 6.61 Å². The molecule has 0 N–H and O–H groups in total. The van der Waals surface area contributed by atoms with E-state index in [1.165, 1.54) is 6.42 Å². The lowest BCUT2D eigenvalue weighted by Gasteiger charge is -2.28. The number of epoxide rings is 1. The summed E-state index contributed by atoms with van der Waals surface area (Å²) in [5, 5.41) is 0. The van der Waals surface area contributed by atoms with Crippen molar-refractivity contribution in [1.29, 1.82) is 0 Å². The Kier molecular flexibility index (Phi) is 7.15. The van der Waals surface area contributed by atoms with Crippen molar-refractivity contribution < 1.29 is 17.9 Å². The molecule has 0 aromatic heterocycles. The Morgan fingerprint density at radius 2 is 1.50 bits per heavy atom. The topological polar surface area (TPSA) is 12.5 Å². The van der Waals surface area contributed by atoms with Crippen molar-refractivity contribution in [3.8, 4) is 0 Å². The summed E-state index contributed by atoms with van der Waals surface area (Å²) in [7, 11) is 0. The third-order valence-electron chi connectivity index (χ3n) is 8.50. The van der Waals surface area contributed by atoms with Crippen molar-refractivity contribution in [3.05, 3.63) is 76.1 Å². The molecule has 1 aliphatic heterocycles. The van der Waals surface area contributed by atoms with E-state index in [1.54, 1.807) is 24.3 Å². The summed E-state index contributed by atoms with van der Waals surface area (Å²) in [5.74, 6) is 0.0271. The molecule has 34 heavy (non-hydrogen) atoms. The van der Waals surface area contributed by atoms with Gasteiger partial charge < -0.3 is 4.74 Å². The van der Waals surface area contributed by atoms with Crippen molar-refractivity contribution in [3.63, 3.8) is 0 Å². The van der Waals surface area contributed by atoms with Crippen LogP contribution in [-0.2, 0) is 4.74 Å². The van der Waals surface area contributed by atoms with E-state index in [-0.39, 0.29) is 17.8 Å². The van der Waals surface area contributed by atoms with Crippen molar-refractivity contribution in [1.82, 2.24) is 0 Å². The first kappa shape index (κ1) is 23.7. The van der Waals surface area contributed by atoms with Crippen LogP contribution in [0.2, 0.25) is 0 Å². The molecule has 0 bridgehead atoms. The van der Waals surface area contributed by atoms with E-state index in [0.717, 1.165) is 62.8 Å². The van der Waals surface area contributed by atoms with E-state index in [4.69, 9.17) is 4.74 Å². The van der Waals surface area contributed by atoms with E-state index < -0.39 is 11.6 Å². The van der Waals surface area contributed by atoms with Crippen LogP contribution in [0.5, 0.6) is 0 Å². The van der Waals surface area contributed by atoms with Gasteiger partial charge in [-0.2, -0.15) is 0 Å². The molecule has 2 saturated carbocycles. The van der Waals surface area contributed by atoms with Crippen LogP contribution in [0.3, 0.4) is 0 Å². The third kappa shape index (κ3) is 5.12. The van der Waals surface area contributed by atoms with Crippen LogP contribution in [0, 0.1) is 29.3 Å². The highest BCUT2D eigenvalue weighted by Crippen LogP contribution is 2.40. The minimum absolute atomic E-state index is 0.0645. The van der Waals surface area contributed by atoms with Gasteiger partial charge in [0.25, 0.3) is 0 Å². The highest BCUT2D eigenvalue weighted by atomic mass is 19.2. The normalized spacial score (nSPS) is 29.5. The summed E-state index contributed by atoms with van der Waals surface area (Å²) >= 11 is 0. The molecule has 0 spiro atoms. The third-order valence-corrected chi connectivity index (χ3v) is 8.50. The first-order valence-corrected chi connectivity index (χ1v) is 13.1. The minimum atomic E-state index is -0.713. The average molecular weight is 469 g/mol. The average Bonchev–Trinajstić information content (AvgIpc) is 3.71. The van der Waals surface area contributed by atoms with Crippen LogP contribution in [0.15, 0.2) is 36.4 Å². The van der Waals surface area contributed by atoms with Gasteiger partial charge in [0.2, 0.25) is 0 Å². The van der Waals surface area contributed by atoms with Gasteiger partial charge in [-0.25, -0.2) is 13.2 Å². The molecule has 1 nitrogen and oxygen atoms in total. The standard InChI is InChI=1S/C30H35F3O/c1-2-19-3-10-22(11-4-19)25-15-13-23(29(32)30(25)33)12-7-20-5-8-21(9-6-20)24-14-16-26(27(31)17-24)28-18-34-28/h7,12-17,19-22,28H,2-6,8-11,18H2,1H3/b12-7+. The Bertz CT molecular complexity index is 1030. The van der Waals surface area contributed by atoms with Crippen molar-refractivity contribution in [2.45, 2.75) is 82.7 Å². The Morgan fingerprint density at radius 1 is 0.824 bits per heavy atom. The van der Waals surface area contributed by atoms with Gasteiger partial charge in [-0.3, -0.25) is 0 Å². The summed E-state index contributed by atoms with van der Waals surface area (Å²) in [5.41, 5.74) is 2.61. The van der Waals surface area contributed by atoms with Gasteiger partial charge in [-0.15, -0.1) is 0 Å². The fourth-order valence-electron chi connectivity index (χ4n) is 6.08. The molecule has 1 saturated heterocycles. The van der Waals surface area contributed by atoms with Crippen LogP contribution in [-0.4, -0.2) is 6.61 Å². The lowest BCUT2D eigenvalue weighted by Crippen LogP contribution is -2.14. The Hall–Kier alpha value is -2.07. The summed E-state index contributed by atoms with van der Waals surface area (Å²) in [6.45, 7) is 2.82. The van der Waals surface area contributed by atoms with Crippen molar-refractivity contribution >= 4 is 6.08 Å². The molecule has 3 fully saturated rings. The molecule has 3 aliphatic rings. The highest BCUT2D eigenvalue weighted by molar-refractivity contribution is 5.52. The largest absolute Gasteiger partial charge is 0.368 e. The monoisotopic (exact) mass is 468 g/mol. The van der Waals surface area contributed by atoms with Gasteiger partial charge in [0.05, 0.1) is 6.61 Å². The Morgan fingerprint density at radius 3 is 2.15 bits per heavy atom. The van der Waals surface area contributed by atoms with Gasteiger partial charge in [0, 0.05) is 11.1 Å². The molecular weight excluding hydrogens is 433 g/mol. The zero-order valence-corrected chi connectivity index (χ0v) is 20.0. The molecule has 2 aliphatic carbocycles. The molecule has 2 aromatic carbocycles. The highest BCUT2D eigenvalue weighted by Gasteiger charge is 2.29. The van der Waals surface area contributed by atoms with E-state index in [2.05, 4.69) is 6.92 Å². The van der Waals surface area contributed by atoms with Crippen LogP contribution >= 0.6 is 0 Å². The quantitative estimate of drug-likeness (QED) is 0.386. The van der Waals surface area contributed by atoms with Crippen LogP contribution < -0.4 is 0 Å². The lowest BCUT2D eigenvalue weighted by atomic mass is 9.77. The van der Waals surface area contributed by atoms with E-state index in [9.17, 15) is 13.2 Å². The molecule has 1 atom stereocenters. The molecular formula is C30H35F3O. The van der Waals surface area contributed by atoms with Gasteiger partial charge in [0.1, 0.15) is 11.9 Å². The Labute approximate surface area is 201 Å². The minimum Gasteiger partial charge on any atom is -0.368 e. The van der Waals surface area contributed by atoms with Gasteiger partial charge in [-0.05, 0) is 92.2 Å². The molecule has 5 rings (SSSR count). The Balaban J connectivity index is 1.18. The zero-order chi connectivity index (χ0) is 23.7. The summed E-state index contributed by atoms with van der Waals surface area (Å²) in [4.78, 5) is 0. The molecule has 0 radical (unpaired) electrons. The summed E-state index contributed by atoms with van der Waals surface area (Å²) in [6.07, 6.45) is 12.9. The number of allylic oxidation sites excluding steroid dienone is 1. The summed E-state index contributed by atoms with van der Waals surface area (Å²) < 4.78 is 49.3. The fraction of sp³-hybridized carbons (Fsp3) is 0.533. The molecule has 4 heteroatoms. The lowest BCUT2D eigenvalue weighted by molar-refractivity contribution is 0.312. The fourth-order valence-corrected chi connectivity index (χ4v) is 6.08. The molecule has 1 unspecified atom stereocenters. The SMILES string of the molecule is CCC1CCC(c2ccc(/C=C/C3CCC(c4ccc(C5CO5)c(F)c4)CC3)c(F)c2F)CC1. The summed E-state index contributed by atoms with van der Waals surface area (Å²) in [6, 6.07) is 9.12. The van der Waals surface area contributed by atoms with Crippen LogP contribution in [0.4, 0.5) is 13.2 Å².